The molecule has 1 saturated carbocycles. The Hall–Kier alpha value is -0.750. The zero-order valence-electron chi connectivity index (χ0n) is 14.8. The topological polar surface area (TPSA) is 110 Å². The highest BCUT2D eigenvalue weighted by molar-refractivity contribution is 7.47. The van der Waals surface area contributed by atoms with E-state index in [1.54, 1.807) is 0 Å². The highest BCUT2D eigenvalue weighted by Crippen LogP contribution is 2.48. The van der Waals surface area contributed by atoms with E-state index in [1.807, 2.05) is 27.7 Å². The van der Waals surface area contributed by atoms with Crippen molar-refractivity contribution in [3.63, 3.8) is 0 Å². The van der Waals surface area contributed by atoms with Crippen molar-refractivity contribution in [3.05, 3.63) is 0 Å². The summed E-state index contributed by atoms with van der Waals surface area (Å²) in [5.41, 5.74) is 0. The first-order valence-corrected chi connectivity index (χ1v) is 9.92. The Morgan fingerprint density at radius 1 is 1.12 bits per heavy atom. The predicted molar refractivity (Wildman–Crippen MR) is 88.4 cm³/mol. The Morgan fingerprint density at radius 2 is 1.75 bits per heavy atom. The molecule has 1 fully saturated rings. The molecule has 0 heterocycles. The standard InChI is InChI=1S/C16H29O7P/c1-10(2)7-15(17)13-6-5-12(8-14(13)16(18)19)23-24(20,21)22-9-11(3)4/h10-14H,5-9H2,1-4H3,(H,18,19)(H,20,21). The van der Waals surface area contributed by atoms with Crippen LogP contribution >= 0.6 is 7.82 Å². The van der Waals surface area contributed by atoms with Crippen LogP contribution < -0.4 is 0 Å². The van der Waals surface area contributed by atoms with Gasteiger partial charge in [-0.2, -0.15) is 0 Å². The van der Waals surface area contributed by atoms with Crippen molar-refractivity contribution in [3.8, 4) is 0 Å². The van der Waals surface area contributed by atoms with Gasteiger partial charge in [0.15, 0.2) is 0 Å². The summed E-state index contributed by atoms with van der Waals surface area (Å²) in [5, 5.41) is 9.41. The molecule has 140 valence electrons. The molecule has 0 saturated heterocycles. The summed E-state index contributed by atoms with van der Waals surface area (Å²) < 4.78 is 21.9. The lowest BCUT2D eigenvalue weighted by Crippen LogP contribution is -2.38. The summed E-state index contributed by atoms with van der Waals surface area (Å²) in [7, 11) is -4.22. The van der Waals surface area contributed by atoms with Crippen LogP contribution in [-0.2, 0) is 23.2 Å². The van der Waals surface area contributed by atoms with Crippen LogP contribution in [0.4, 0.5) is 0 Å². The average molecular weight is 364 g/mol. The second-order valence-corrected chi connectivity index (χ2v) is 8.72. The van der Waals surface area contributed by atoms with Crippen LogP contribution in [0.15, 0.2) is 0 Å². The minimum atomic E-state index is -4.22. The van der Waals surface area contributed by atoms with Gasteiger partial charge in [-0.05, 0) is 31.1 Å². The number of carbonyl (C=O) groups excluding carboxylic acids is 1. The molecule has 0 spiro atoms. The number of phosphoric ester groups is 1. The monoisotopic (exact) mass is 364 g/mol. The van der Waals surface area contributed by atoms with E-state index >= 15 is 0 Å². The van der Waals surface area contributed by atoms with Gasteiger partial charge < -0.3 is 10.00 Å². The number of hydrogen-bond acceptors (Lipinski definition) is 5. The van der Waals surface area contributed by atoms with E-state index in [-0.39, 0.29) is 30.6 Å². The molecule has 0 aromatic rings. The Labute approximate surface area is 143 Å². The zero-order chi connectivity index (χ0) is 18.5. The molecule has 1 rings (SSSR count). The maximum atomic E-state index is 12.3. The summed E-state index contributed by atoms with van der Waals surface area (Å²) in [6.45, 7) is 7.59. The molecule has 4 unspecified atom stereocenters. The lowest BCUT2D eigenvalue weighted by Gasteiger charge is -2.33. The SMILES string of the molecule is CC(C)COP(=O)(O)OC1CCC(C(=O)CC(C)C)C(C(=O)O)C1. The van der Waals surface area contributed by atoms with Gasteiger partial charge in [0, 0.05) is 12.3 Å². The molecule has 1 aliphatic carbocycles. The average Bonchev–Trinajstić information content (AvgIpc) is 2.44. The van der Waals surface area contributed by atoms with Gasteiger partial charge in [0.1, 0.15) is 5.78 Å². The molecule has 0 bridgehead atoms. The molecule has 7 nitrogen and oxygen atoms in total. The molecule has 0 aromatic heterocycles. The minimum absolute atomic E-state index is 0.0411. The Morgan fingerprint density at radius 3 is 2.25 bits per heavy atom. The van der Waals surface area contributed by atoms with E-state index in [2.05, 4.69) is 0 Å². The second kappa shape index (κ2) is 9.09. The molecule has 24 heavy (non-hydrogen) atoms. The molecular formula is C16H29O7P. The normalized spacial score (nSPS) is 27.2. The largest absolute Gasteiger partial charge is 0.481 e. The zero-order valence-corrected chi connectivity index (χ0v) is 15.7. The molecule has 8 heteroatoms. The number of carboxylic acid groups (broad SMARTS) is 1. The van der Waals surface area contributed by atoms with Crippen LogP contribution in [0.25, 0.3) is 0 Å². The first-order chi connectivity index (χ1) is 11.0. The Kier molecular flexibility index (Phi) is 8.06. The maximum Gasteiger partial charge on any atom is 0.472 e. The van der Waals surface area contributed by atoms with Gasteiger partial charge >= 0.3 is 13.8 Å². The second-order valence-electron chi connectivity index (χ2n) is 7.31. The van der Waals surface area contributed by atoms with Gasteiger partial charge in [0.2, 0.25) is 0 Å². The Bertz CT molecular complexity index is 489. The molecule has 0 amide bonds. The van der Waals surface area contributed by atoms with Crippen molar-refractivity contribution in [1.82, 2.24) is 0 Å². The third-order valence-electron chi connectivity index (χ3n) is 4.00. The summed E-state index contributed by atoms with van der Waals surface area (Å²) in [6, 6.07) is 0. The molecule has 4 atom stereocenters. The van der Waals surface area contributed by atoms with Gasteiger partial charge in [-0.25, -0.2) is 4.57 Å². The van der Waals surface area contributed by atoms with E-state index in [4.69, 9.17) is 9.05 Å². The van der Waals surface area contributed by atoms with Crippen molar-refractivity contribution >= 4 is 19.6 Å². The van der Waals surface area contributed by atoms with Crippen LogP contribution in [0, 0.1) is 23.7 Å². The van der Waals surface area contributed by atoms with Crippen molar-refractivity contribution in [2.24, 2.45) is 23.7 Å². The van der Waals surface area contributed by atoms with E-state index < -0.39 is 31.7 Å². The first kappa shape index (κ1) is 21.3. The van der Waals surface area contributed by atoms with Crippen molar-refractivity contribution < 1.29 is 33.2 Å². The van der Waals surface area contributed by atoms with Crippen LogP contribution in [0.2, 0.25) is 0 Å². The highest BCUT2D eigenvalue weighted by atomic mass is 31.2. The summed E-state index contributed by atoms with van der Waals surface area (Å²) in [5.74, 6) is -2.33. The van der Waals surface area contributed by atoms with E-state index in [1.165, 1.54) is 0 Å². The van der Waals surface area contributed by atoms with E-state index in [0.29, 0.717) is 19.3 Å². The highest BCUT2D eigenvalue weighted by Gasteiger charge is 2.41. The van der Waals surface area contributed by atoms with Crippen molar-refractivity contribution in [2.45, 2.75) is 59.5 Å². The molecule has 0 aromatic carbocycles. The maximum absolute atomic E-state index is 12.3. The van der Waals surface area contributed by atoms with Gasteiger partial charge in [0.25, 0.3) is 0 Å². The molecule has 2 N–H and O–H groups in total. The minimum Gasteiger partial charge on any atom is -0.481 e. The number of carboxylic acids is 1. The van der Waals surface area contributed by atoms with Crippen molar-refractivity contribution in [1.29, 1.82) is 0 Å². The summed E-state index contributed by atoms with van der Waals surface area (Å²) in [6.07, 6.45) is 0.401. The van der Waals surface area contributed by atoms with Crippen molar-refractivity contribution in [2.75, 3.05) is 6.61 Å². The van der Waals surface area contributed by atoms with Gasteiger partial charge in [0.05, 0.1) is 18.6 Å². The summed E-state index contributed by atoms with van der Waals surface area (Å²) >= 11 is 0. The lowest BCUT2D eigenvalue weighted by atomic mass is 9.74. The molecule has 0 aliphatic heterocycles. The molecule has 1 aliphatic rings. The summed E-state index contributed by atoms with van der Waals surface area (Å²) in [4.78, 5) is 33.5. The lowest BCUT2D eigenvalue weighted by molar-refractivity contribution is -0.150. The number of aliphatic carboxylic acids is 1. The van der Waals surface area contributed by atoms with E-state index in [9.17, 15) is 24.2 Å². The van der Waals surface area contributed by atoms with Crippen LogP contribution in [0.1, 0.15) is 53.4 Å². The smallest absolute Gasteiger partial charge is 0.472 e. The number of phosphoric acid groups is 1. The quantitative estimate of drug-likeness (QED) is 0.604. The Balaban J connectivity index is 2.69. The number of ketones is 1. The van der Waals surface area contributed by atoms with E-state index in [0.717, 1.165) is 0 Å². The predicted octanol–water partition coefficient (Wildman–Crippen LogP) is 3.26. The number of rotatable bonds is 9. The van der Waals surface area contributed by atoms with Crippen LogP contribution in [0.3, 0.4) is 0 Å². The van der Waals surface area contributed by atoms with Gasteiger partial charge in [-0.15, -0.1) is 0 Å². The number of carbonyl (C=O) groups is 2. The number of Topliss-reactive ketones (excluding diaryl/α,β-unsaturated/α-hetero) is 1. The van der Waals surface area contributed by atoms with Crippen LogP contribution in [-0.4, -0.2) is 34.5 Å². The molecular weight excluding hydrogens is 335 g/mol. The third kappa shape index (κ3) is 7.01. The first-order valence-electron chi connectivity index (χ1n) is 8.43. The van der Waals surface area contributed by atoms with Gasteiger partial charge in [-0.3, -0.25) is 18.6 Å². The molecule has 0 radical (unpaired) electrons. The fourth-order valence-electron chi connectivity index (χ4n) is 2.90. The third-order valence-corrected chi connectivity index (χ3v) is 5.04. The number of hydrogen-bond donors (Lipinski definition) is 2. The van der Waals surface area contributed by atoms with Gasteiger partial charge in [-0.1, -0.05) is 27.7 Å². The fraction of sp³-hybridized carbons (Fsp3) is 0.875. The fourth-order valence-corrected chi connectivity index (χ4v) is 4.02. The van der Waals surface area contributed by atoms with Crippen LogP contribution in [0.5, 0.6) is 0 Å².